The Morgan fingerprint density at radius 3 is 2.32 bits per heavy atom. The number of hydrogen-bond donors (Lipinski definition) is 2. The molecule has 3 rings (SSSR count). The van der Waals surface area contributed by atoms with Gasteiger partial charge in [-0.2, -0.15) is 0 Å². The van der Waals surface area contributed by atoms with Crippen molar-refractivity contribution >= 4 is 5.95 Å². The predicted octanol–water partition coefficient (Wildman–Crippen LogP) is 1.15. The zero-order chi connectivity index (χ0) is 15.4. The molecule has 0 unspecified atom stereocenters. The molecule has 0 amide bonds. The molecule has 1 aliphatic rings. The summed E-state index contributed by atoms with van der Waals surface area (Å²) in [7, 11) is 0. The van der Waals surface area contributed by atoms with E-state index >= 15 is 0 Å². The van der Waals surface area contributed by atoms with Crippen molar-refractivity contribution < 1.29 is 9.50 Å². The second-order valence-corrected chi connectivity index (χ2v) is 5.34. The van der Waals surface area contributed by atoms with Gasteiger partial charge in [0.05, 0.1) is 6.61 Å². The van der Waals surface area contributed by atoms with Crippen LogP contribution in [0.25, 0.3) is 0 Å². The molecular formula is C16H19FN4O. The molecule has 116 valence electrons. The Morgan fingerprint density at radius 1 is 1.09 bits per heavy atom. The fourth-order valence-corrected chi connectivity index (χ4v) is 2.64. The molecule has 0 aliphatic carbocycles. The highest BCUT2D eigenvalue weighted by Crippen LogP contribution is 2.24. The van der Waals surface area contributed by atoms with Crippen LogP contribution in [0, 0.1) is 5.82 Å². The molecule has 1 saturated heterocycles. The molecule has 1 atom stereocenters. The van der Waals surface area contributed by atoms with E-state index in [0.717, 1.165) is 37.3 Å². The molecule has 22 heavy (non-hydrogen) atoms. The molecule has 1 aliphatic heterocycles. The van der Waals surface area contributed by atoms with Crippen molar-refractivity contribution in [1.29, 1.82) is 0 Å². The first-order valence-electron chi connectivity index (χ1n) is 7.42. The van der Waals surface area contributed by atoms with Crippen LogP contribution >= 0.6 is 0 Å². The van der Waals surface area contributed by atoms with E-state index in [2.05, 4.69) is 20.2 Å². The van der Waals surface area contributed by atoms with Gasteiger partial charge in [0.25, 0.3) is 0 Å². The Kier molecular flexibility index (Phi) is 4.60. The molecule has 0 saturated carbocycles. The second kappa shape index (κ2) is 6.81. The SMILES string of the molecule is OC[C@@H](c1ccc(F)cc1)c1cnc(N2CCNCC2)nc1. The van der Waals surface area contributed by atoms with E-state index in [1.54, 1.807) is 24.5 Å². The lowest BCUT2D eigenvalue weighted by Gasteiger charge is -2.27. The smallest absolute Gasteiger partial charge is 0.225 e. The maximum atomic E-state index is 13.0. The minimum absolute atomic E-state index is 0.0675. The van der Waals surface area contributed by atoms with Crippen molar-refractivity contribution in [3.63, 3.8) is 0 Å². The van der Waals surface area contributed by atoms with Crippen LogP contribution in [-0.2, 0) is 0 Å². The first-order chi connectivity index (χ1) is 10.8. The van der Waals surface area contributed by atoms with Crippen molar-refractivity contribution in [3.8, 4) is 0 Å². The fourth-order valence-electron chi connectivity index (χ4n) is 2.64. The summed E-state index contributed by atoms with van der Waals surface area (Å²) in [5.74, 6) is 0.185. The Morgan fingerprint density at radius 2 is 1.73 bits per heavy atom. The van der Waals surface area contributed by atoms with Crippen molar-refractivity contribution in [3.05, 3.63) is 53.6 Å². The third-order valence-electron chi connectivity index (χ3n) is 3.92. The first kappa shape index (κ1) is 14.9. The van der Waals surface area contributed by atoms with E-state index in [4.69, 9.17) is 0 Å². The van der Waals surface area contributed by atoms with E-state index < -0.39 is 0 Å². The lowest BCUT2D eigenvalue weighted by molar-refractivity contribution is 0.280. The number of piperazine rings is 1. The van der Waals surface area contributed by atoms with E-state index in [-0.39, 0.29) is 18.3 Å². The van der Waals surface area contributed by atoms with E-state index in [1.807, 2.05) is 0 Å². The second-order valence-electron chi connectivity index (χ2n) is 5.34. The number of benzene rings is 1. The van der Waals surface area contributed by atoms with Crippen LogP contribution in [0.5, 0.6) is 0 Å². The van der Waals surface area contributed by atoms with E-state index in [1.165, 1.54) is 12.1 Å². The number of aliphatic hydroxyl groups excluding tert-OH is 1. The Balaban J connectivity index is 1.79. The standard InChI is InChI=1S/C16H19FN4O/c17-14-3-1-12(2-4-14)15(11-22)13-9-19-16(20-10-13)21-7-5-18-6-8-21/h1-4,9-10,15,18,22H,5-8,11H2/t15-/m0/s1. The molecule has 2 aromatic rings. The first-order valence-corrected chi connectivity index (χ1v) is 7.42. The lowest BCUT2D eigenvalue weighted by Crippen LogP contribution is -2.44. The summed E-state index contributed by atoms with van der Waals surface area (Å²) in [5.41, 5.74) is 1.68. The zero-order valence-corrected chi connectivity index (χ0v) is 12.2. The van der Waals surface area contributed by atoms with Crippen molar-refractivity contribution in [2.24, 2.45) is 0 Å². The van der Waals surface area contributed by atoms with Crippen molar-refractivity contribution in [2.75, 3.05) is 37.7 Å². The van der Waals surface area contributed by atoms with Crippen LogP contribution < -0.4 is 10.2 Å². The molecule has 0 spiro atoms. The van der Waals surface area contributed by atoms with Crippen molar-refractivity contribution in [1.82, 2.24) is 15.3 Å². The summed E-state index contributed by atoms with van der Waals surface area (Å²) in [6, 6.07) is 6.16. The van der Waals surface area contributed by atoms with Crippen LogP contribution in [0.15, 0.2) is 36.7 Å². The van der Waals surface area contributed by atoms with Gasteiger partial charge in [0.1, 0.15) is 5.82 Å². The topological polar surface area (TPSA) is 61.3 Å². The summed E-state index contributed by atoms with van der Waals surface area (Å²) in [6.07, 6.45) is 3.49. The van der Waals surface area contributed by atoms with Crippen molar-refractivity contribution in [2.45, 2.75) is 5.92 Å². The number of aliphatic hydroxyl groups is 1. The third kappa shape index (κ3) is 3.23. The summed E-state index contributed by atoms with van der Waals surface area (Å²) < 4.78 is 13.0. The lowest BCUT2D eigenvalue weighted by atomic mass is 9.94. The number of rotatable bonds is 4. The summed E-state index contributed by atoms with van der Waals surface area (Å²) in [5, 5.41) is 12.9. The average Bonchev–Trinajstić information content (AvgIpc) is 2.59. The van der Waals surface area contributed by atoms with Crippen LogP contribution in [0.1, 0.15) is 17.0 Å². The third-order valence-corrected chi connectivity index (χ3v) is 3.92. The highest BCUT2D eigenvalue weighted by Gasteiger charge is 2.17. The minimum atomic E-state index is -0.286. The molecule has 1 fully saturated rings. The average molecular weight is 302 g/mol. The molecule has 1 aromatic heterocycles. The Hall–Kier alpha value is -2.05. The number of halogens is 1. The van der Waals surface area contributed by atoms with Crippen LogP contribution in [0.4, 0.5) is 10.3 Å². The zero-order valence-electron chi connectivity index (χ0n) is 12.2. The van der Waals surface area contributed by atoms with Gasteiger partial charge in [0.2, 0.25) is 5.95 Å². The molecule has 1 aromatic carbocycles. The molecular weight excluding hydrogens is 283 g/mol. The van der Waals surface area contributed by atoms with Gasteiger partial charge in [-0.3, -0.25) is 0 Å². The minimum Gasteiger partial charge on any atom is -0.395 e. The predicted molar refractivity (Wildman–Crippen MR) is 82.4 cm³/mol. The van der Waals surface area contributed by atoms with Gasteiger partial charge < -0.3 is 15.3 Å². The highest BCUT2D eigenvalue weighted by molar-refractivity contribution is 5.35. The van der Waals surface area contributed by atoms with Gasteiger partial charge in [0.15, 0.2) is 0 Å². The van der Waals surface area contributed by atoms with Gasteiger partial charge in [-0.15, -0.1) is 0 Å². The Bertz CT molecular complexity index is 597. The number of hydrogen-bond acceptors (Lipinski definition) is 5. The molecule has 2 heterocycles. The number of nitrogens with one attached hydrogen (secondary N) is 1. The maximum Gasteiger partial charge on any atom is 0.225 e. The monoisotopic (exact) mass is 302 g/mol. The molecule has 2 N–H and O–H groups in total. The molecule has 5 nitrogen and oxygen atoms in total. The van der Waals surface area contributed by atoms with Crippen LogP contribution in [0.3, 0.4) is 0 Å². The van der Waals surface area contributed by atoms with Crippen LogP contribution in [-0.4, -0.2) is 47.9 Å². The van der Waals surface area contributed by atoms with Gasteiger partial charge in [-0.05, 0) is 23.3 Å². The van der Waals surface area contributed by atoms with Gasteiger partial charge in [-0.1, -0.05) is 12.1 Å². The summed E-state index contributed by atoms with van der Waals surface area (Å²) >= 11 is 0. The number of anilines is 1. The van der Waals surface area contributed by atoms with Gasteiger partial charge in [-0.25, -0.2) is 14.4 Å². The highest BCUT2D eigenvalue weighted by atomic mass is 19.1. The molecule has 6 heteroatoms. The van der Waals surface area contributed by atoms with E-state index in [9.17, 15) is 9.50 Å². The number of nitrogens with zero attached hydrogens (tertiary/aromatic N) is 3. The van der Waals surface area contributed by atoms with Crippen LogP contribution in [0.2, 0.25) is 0 Å². The summed E-state index contributed by atoms with van der Waals surface area (Å²) in [6.45, 7) is 3.57. The fraction of sp³-hybridized carbons (Fsp3) is 0.375. The van der Waals surface area contributed by atoms with Gasteiger partial charge in [0, 0.05) is 44.5 Å². The summed E-state index contributed by atoms with van der Waals surface area (Å²) in [4.78, 5) is 11.0. The Labute approximate surface area is 128 Å². The quantitative estimate of drug-likeness (QED) is 0.887. The largest absolute Gasteiger partial charge is 0.395 e. The maximum absolute atomic E-state index is 13.0. The number of aromatic nitrogens is 2. The van der Waals surface area contributed by atoms with Gasteiger partial charge >= 0.3 is 0 Å². The molecule has 0 bridgehead atoms. The molecule has 0 radical (unpaired) electrons. The van der Waals surface area contributed by atoms with E-state index in [0.29, 0.717) is 5.95 Å². The normalized spacial score (nSPS) is 16.5.